The number of carbonyl (C=O) groups excluding carboxylic acids is 1. The van der Waals surface area contributed by atoms with E-state index in [0.717, 1.165) is 36.4 Å². The van der Waals surface area contributed by atoms with Gasteiger partial charge in [0.25, 0.3) is 0 Å². The number of nitroso groups, excluding NO2 is 1. The third-order valence-corrected chi connectivity index (χ3v) is 6.50. The van der Waals surface area contributed by atoms with Crippen molar-refractivity contribution in [3.63, 3.8) is 0 Å². The number of halogens is 8. The van der Waals surface area contributed by atoms with Gasteiger partial charge in [0.05, 0.1) is 5.54 Å². The lowest BCUT2D eigenvalue weighted by Crippen LogP contribution is -2.71. The highest BCUT2D eigenvalue weighted by Gasteiger charge is 2.78. The Kier molecular flexibility index (Phi) is 8.68. The van der Waals surface area contributed by atoms with E-state index < -0.39 is 47.0 Å². The van der Waals surface area contributed by atoms with Crippen LogP contribution < -0.4 is 10.6 Å². The first-order valence-electron chi connectivity index (χ1n) is 11.7. The molecule has 3 aromatic rings. The molecular formula is C27H23F8N3O2. The number of hydrogen-bond donors (Lipinski definition) is 2. The van der Waals surface area contributed by atoms with Crippen LogP contribution in [0.1, 0.15) is 22.3 Å². The highest BCUT2D eigenvalue weighted by Crippen LogP contribution is 2.48. The summed E-state index contributed by atoms with van der Waals surface area (Å²) in [6.45, 7) is 1.48. The van der Waals surface area contributed by atoms with E-state index in [1.165, 1.54) is 18.2 Å². The van der Waals surface area contributed by atoms with Gasteiger partial charge < -0.3 is 10.6 Å². The highest BCUT2D eigenvalue weighted by atomic mass is 19.4. The van der Waals surface area contributed by atoms with Crippen LogP contribution in [0.5, 0.6) is 0 Å². The summed E-state index contributed by atoms with van der Waals surface area (Å²) in [4.78, 5) is 24.9. The van der Waals surface area contributed by atoms with Gasteiger partial charge in [0.15, 0.2) is 0 Å². The second-order valence-electron chi connectivity index (χ2n) is 9.16. The Morgan fingerprint density at radius 1 is 0.825 bits per heavy atom. The largest absolute Gasteiger partial charge is 0.428 e. The van der Waals surface area contributed by atoms with E-state index in [1.54, 1.807) is 35.6 Å². The average molecular weight is 573 g/mol. The third kappa shape index (κ3) is 5.69. The van der Waals surface area contributed by atoms with Crippen molar-refractivity contribution in [2.75, 3.05) is 7.05 Å². The predicted octanol–water partition coefficient (Wildman–Crippen LogP) is 6.09. The van der Waals surface area contributed by atoms with Gasteiger partial charge in [0.1, 0.15) is 17.7 Å². The van der Waals surface area contributed by atoms with Gasteiger partial charge in [0.2, 0.25) is 5.91 Å². The molecule has 0 aromatic heterocycles. The summed E-state index contributed by atoms with van der Waals surface area (Å²) < 4.78 is 112. The molecule has 13 heteroatoms. The van der Waals surface area contributed by atoms with Gasteiger partial charge in [-0.15, -0.1) is 4.91 Å². The number of amides is 1. The van der Waals surface area contributed by atoms with Crippen molar-refractivity contribution in [2.45, 2.75) is 42.8 Å². The Morgan fingerprint density at radius 3 is 1.88 bits per heavy atom. The van der Waals surface area contributed by atoms with Crippen LogP contribution in [-0.4, -0.2) is 36.9 Å². The number of hydrogen-bond acceptors (Lipinski definition) is 4. The highest BCUT2D eigenvalue weighted by molar-refractivity contribution is 5.85. The fourth-order valence-electron chi connectivity index (χ4n) is 4.63. The van der Waals surface area contributed by atoms with Gasteiger partial charge in [-0.2, -0.15) is 26.3 Å². The van der Waals surface area contributed by atoms with Crippen LogP contribution >= 0.6 is 0 Å². The van der Waals surface area contributed by atoms with Crippen molar-refractivity contribution < 1.29 is 39.9 Å². The number of likely N-dealkylation sites (N-methyl/N-ethyl adjacent to an activating group) is 1. The van der Waals surface area contributed by atoms with Gasteiger partial charge in [0, 0.05) is 6.42 Å². The molecule has 0 bridgehead atoms. The lowest BCUT2D eigenvalue weighted by molar-refractivity contribution is -0.301. The number of alkyl halides is 6. The summed E-state index contributed by atoms with van der Waals surface area (Å²) >= 11 is 0. The minimum Gasteiger partial charge on any atom is -0.341 e. The Hall–Kier alpha value is -3.87. The average Bonchev–Trinajstić information content (AvgIpc) is 2.85. The molecule has 0 radical (unpaired) electrons. The lowest BCUT2D eigenvalue weighted by atomic mass is 9.76. The predicted molar refractivity (Wildman–Crippen MR) is 130 cm³/mol. The Labute approximate surface area is 223 Å². The molecule has 3 aromatic carbocycles. The molecule has 0 heterocycles. The fourth-order valence-corrected chi connectivity index (χ4v) is 4.63. The molecule has 5 nitrogen and oxygen atoms in total. The van der Waals surface area contributed by atoms with Crippen molar-refractivity contribution in [3.8, 4) is 0 Å². The van der Waals surface area contributed by atoms with Gasteiger partial charge in [-0.3, -0.25) is 4.79 Å². The van der Waals surface area contributed by atoms with E-state index in [2.05, 4.69) is 5.32 Å². The number of rotatable bonds is 9. The molecule has 0 aliphatic carbocycles. The number of benzene rings is 3. The van der Waals surface area contributed by atoms with Crippen LogP contribution in [0.2, 0.25) is 0 Å². The first-order chi connectivity index (χ1) is 18.6. The summed E-state index contributed by atoms with van der Waals surface area (Å²) in [6.07, 6.45) is -13.0. The maximum atomic E-state index is 14.7. The Balaban J connectivity index is 2.34. The quantitative estimate of drug-likeness (QED) is 0.240. The molecule has 1 amide bonds. The van der Waals surface area contributed by atoms with Gasteiger partial charge in [-0.1, -0.05) is 48.5 Å². The molecule has 0 aliphatic rings. The van der Waals surface area contributed by atoms with Crippen molar-refractivity contribution >= 4 is 5.91 Å². The fraction of sp³-hybridized carbons (Fsp3) is 0.296. The van der Waals surface area contributed by atoms with Crippen molar-refractivity contribution in [2.24, 2.45) is 5.18 Å². The van der Waals surface area contributed by atoms with Crippen molar-refractivity contribution in [1.29, 1.82) is 0 Å². The zero-order chi connectivity index (χ0) is 29.9. The topological polar surface area (TPSA) is 70.6 Å². The first kappa shape index (κ1) is 30.7. The standard InChI is InChI=1S/C27H23F8N3O2/c1-16-12-19(14-21(29)13-16)24(15-17-6-4-3-5-7-17,18-8-10-20(28)11-9-18)37-23(39)22(36-2)25(38-40,26(30,31)32)27(33,34)35/h3-14,22,36H,15H2,1-2H3,(H,37,39)/t22-,24+/m0/s1. The molecule has 0 saturated carbocycles. The minimum absolute atomic E-state index is 0.00892. The van der Waals surface area contributed by atoms with Crippen molar-refractivity contribution in [1.82, 2.24) is 10.6 Å². The molecule has 0 unspecified atom stereocenters. The number of nitrogens with one attached hydrogen (secondary N) is 2. The number of nitrogens with zero attached hydrogens (tertiary/aromatic N) is 1. The molecule has 0 saturated heterocycles. The second-order valence-corrected chi connectivity index (χ2v) is 9.16. The van der Waals surface area contributed by atoms with Crippen LogP contribution in [0.4, 0.5) is 35.1 Å². The van der Waals surface area contributed by atoms with E-state index >= 15 is 0 Å². The summed E-state index contributed by atoms with van der Waals surface area (Å²) in [5, 5.41) is 5.30. The monoisotopic (exact) mass is 573 g/mol. The second kappa shape index (κ2) is 11.3. The molecule has 40 heavy (non-hydrogen) atoms. The zero-order valence-electron chi connectivity index (χ0n) is 21.0. The number of carbonyl (C=O) groups is 1. The zero-order valence-corrected chi connectivity index (χ0v) is 21.0. The van der Waals surface area contributed by atoms with Crippen LogP contribution in [0.3, 0.4) is 0 Å². The van der Waals surface area contributed by atoms with Gasteiger partial charge >= 0.3 is 17.9 Å². The number of aryl methyl sites for hydroxylation is 1. The van der Waals surface area contributed by atoms with Crippen LogP contribution in [0, 0.1) is 23.5 Å². The molecule has 0 aliphatic heterocycles. The molecular weight excluding hydrogens is 550 g/mol. The normalized spacial score (nSPS) is 14.8. The Morgan fingerprint density at radius 2 is 1.40 bits per heavy atom. The maximum absolute atomic E-state index is 14.7. The summed E-state index contributed by atoms with van der Waals surface area (Å²) in [6, 6.07) is 12.4. The van der Waals surface area contributed by atoms with E-state index in [4.69, 9.17) is 0 Å². The van der Waals surface area contributed by atoms with Crippen LogP contribution in [0.15, 0.2) is 78.0 Å². The third-order valence-electron chi connectivity index (χ3n) is 6.50. The lowest BCUT2D eigenvalue weighted by Gasteiger charge is -2.41. The van der Waals surface area contributed by atoms with Gasteiger partial charge in [-0.25, -0.2) is 8.78 Å². The molecule has 2 N–H and O–H groups in total. The Bertz CT molecular complexity index is 1310. The first-order valence-corrected chi connectivity index (χ1v) is 11.7. The van der Waals surface area contributed by atoms with E-state index in [0.29, 0.717) is 18.2 Å². The summed E-state index contributed by atoms with van der Waals surface area (Å²) in [7, 11) is 0.630. The molecule has 2 atom stereocenters. The minimum atomic E-state index is -6.34. The van der Waals surface area contributed by atoms with E-state index in [9.17, 15) is 44.8 Å². The smallest absolute Gasteiger partial charge is 0.341 e. The SMILES string of the molecule is CN[C@@H](C(=O)N[C@](Cc1ccccc1)(c1ccc(F)cc1)c1cc(C)cc(F)c1)C(N=O)(C(F)(F)F)C(F)(F)F. The van der Waals surface area contributed by atoms with Gasteiger partial charge in [-0.05, 0) is 65.7 Å². The van der Waals surface area contributed by atoms with Crippen LogP contribution in [-0.2, 0) is 16.8 Å². The molecule has 0 spiro atoms. The van der Waals surface area contributed by atoms with Crippen LogP contribution in [0.25, 0.3) is 0 Å². The summed E-state index contributed by atoms with van der Waals surface area (Å²) in [5.41, 5.74) is -6.73. The molecule has 0 fully saturated rings. The molecule has 214 valence electrons. The summed E-state index contributed by atoms with van der Waals surface area (Å²) in [5.74, 6) is -3.46. The molecule has 3 rings (SSSR count). The van der Waals surface area contributed by atoms with Crippen molar-refractivity contribution in [3.05, 3.63) is 112 Å². The maximum Gasteiger partial charge on any atom is 0.428 e. The van der Waals surface area contributed by atoms with E-state index in [-0.39, 0.29) is 17.5 Å². The van der Waals surface area contributed by atoms with E-state index in [1.807, 2.05) is 0 Å².